The summed E-state index contributed by atoms with van der Waals surface area (Å²) < 4.78 is 11.3. The third kappa shape index (κ3) is 4.54. The molecule has 3 aromatic rings. The molecule has 1 aromatic heterocycles. The number of fused-ring (bicyclic) bond motifs is 2. The summed E-state index contributed by atoms with van der Waals surface area (Å²) in [7, 11) is 0. The summed E-state index contributed by atoms with van der Waals surface area (Å²) in [6.07, 6.45) is 4.53. The molecule has 0 bridgehead atoms. The van der Waals surface area contributed by atoms with Crippen LogP contribution in [0.5, 0.6) is 5.75 Å². The van der Waals surface area contributed by atoms with Crippen LogP contribution in [0.3, 0.4) is 0 Å². The van der Waals surface area contributed by atoms with Gasteiger partial charge in [-0.25, -0.2) is 4.79 Å². The second-order valence-corrected chi connectivity index (χ2v) is 8.00. The number of nitrogens with zero attached hydrogens (tertiary/aromatic N) is 1. The molecule has 152 valence electrons. The minimum Gasteiger partial charge on any atom is -0.493 e. The number of rotatable bonds is 7. The predicted octanol–water partition coefficient (Wildman–Crippen LogP) is 5.02. The zero-order valence-electron chi connectivity index (χ0n) is 17.4. The minimum absolute atomic E-state index is 0.271. The van der Waals surface area contributed by atoms with E-state index in [2.05, 4.69) is 29.2 Å². The molecule has 4 heteroatoms. The van der Waals surface area contributed by atoms with Gasteiger partial charge in [-0.2, -0.15) is 0 Å². The molecule has 2 aromatic carbocycles. The summed E-state index contributed by atoms with van der Waals surface area (Å²) in [5, 5.41) is 0.970. The fraction of sp³-hybridized carbons (Fsp3) is 0.400. The second kappa shape index (κ2) is 8.83. The molecule has 0 amide bonds. The van der Waals surface area contributed by atoms with Crippen molar-refractivity contribution in [3.63, 3.8) is 0 Å². The Hall–Kier alpha value is -2.59. The quantitative estimate of drug-likeness (QED) is 0.419. The molecule has 0 spiro atoms. The number of benzene rings is 2. The lowest BCUT2D eigenvalue weighted by molar-refractivity contribution is 0.242. The Balaban J connectivity index is 1.21. The van der Waals surface area contributed by atoms with Crippen LogP contribution in [0.15, 0.2) is 51.7 Å². The molecule has 0 fully saturated rings. The van der Waals surface area contributed by atoms with E-state index in [1.165, 1.54) is 17.5 Å². The van der Waals surface area contributed by atoms with Crippen molar-refractivity contribution < 1.29 is 9.15 Å². The highest BCUT2D eigenvalue weighted by Gasteiger charge is 2.14. The molecule has 0 saturated carbocycles. The maximum Gasteiger partial charge on any atom is 0.339 e. The van der Waals surface area contributed by atoms with E-state index in [9.17, 15) is 4.79 Å². The number of hydrogen-bond donors (Lipinski definition) is 0. The maximum atomic E-state index is 11.9. The van der Waals surface area contributed by atoms with E-state index < -0.39 is 0 Å². The Morgan fingerprint density at radius 3 is 2.69 bits per heavy atom. The average molecular weight is 392 g/mol. The van der Waals surface area contributed by atoms with Gasteiger partial charge in [-0.05, 0) is 74.9 Å². The van der Waals surface area contributed by atoms with Crippen molar-refractivity contribution in [1.29, 1.82) is 0 Å². The molecule has 0 N–H and O–H groups in total. The van der Waals surface area contributed by atoms with Crippen LogP contribution < -0.4 is 10.4 Å². The van der Waals surface area contributed by atoms with Gasteiger partial charge < -0.3 is 9.15 Å². The van der Waals surface area contributed by atoms with Crippen LogP contribution in [-0.4, -0.2) is 24.6 Å². The van der Waals surface area contributed by atoms with Crippen molar-refractivity contribution in [2.45, 2.75) is 46.1 Å². The highest BCUT2D eigenvalue weighted by Crippen LogP contribution is 2.24. The van der Waals surface area contributed by atoms with Crippen LogP contribution in [0, 0.1) is 13.8 Å². The molecule has 2 heterocycles. The van der Waals surface area contributed by atoms with Crippen molar-refractivity contribution in [3.8, 4) is 5.75 Å². The Labute approximate surface area is 172 Å². The third-order valence-corrected chi connectivity index (χ3v) is 6.03. The topological polar surface area (TPSA) is 42.7 Å². The lowest BCUT2D eigenvalue weighted by Gasteiger charge is -2.28. The van der Waals surface area contributed by atoms with E-state index in [1.807, 2.05) is 25.1 Å². The summed E-state index contributed by atoms with van der Waals surface area (Å²) in [6, 6.07) is 14.5. The van der Waals surface area contributed by atoms with E-state index in [4.69, 9.17) is 9.15 Å². The first-order chi connectivity index (χ1) is 14.1. The molecular weight excluding hydrogens is 362 g/mol. The van der Waals surface area contributed by atoms with Crippen LogP contribution in [0.25, 0.3) is 11.0 Å². The molecule has 0 atom stereocenters. The summed E-state index contributed by atoms with van der Waals surface area (Å²) >= 11 is 0. The fourth-order valence-electron chi connectivity index (χ4n) is 4.07. The molecule has 1 aliphatic rings. The first kappa shape index (κ1) is 19.7. The van der Waals surface area contributed by atoms with E-state index in [-0.39, 0.29) is 5.63 Å². The van der Waals surface area contributed by atoms with Crippen LogP contribution >= 0.6 is 0 Å². The van der Waals surface area contributed by atoms with Crippen molar-refractivity contribution >= 4 is 11.0 Å². The van der Waals surface area contributed by atoms with Gasteiger partial charge in [-0.15, -0.1) is 0 Å². The molecule has 0 aliphatic carbocycles. The van der Waals surface area contributed by atoms with Gasteiger partial charge in [0.05, 0.1) is 6.61 Å². The van der Waals surface area contributed by atoms with Crippen LogP contribution in [0.1, 0.15) is 41.5 Å². The van der Waals surface area contributed by atoms with Crippen molar-refractivity contribution in [2.75, 3.05) is 19.7 Å². The number of unbranched alkanes of at least 4 members (excludes halogenated alkanes) is 2. The molecular formula is C25H29NO3. The number of hydrogen-bond acceptors (Lipinski definition) is 4. The van der Waals surface area contributed by atoms with Crippen molar-refractivity contribution in [3.05, 3.63) is 75.1 Å². The van der Waals surface area contributed by atoms with Gasteiger partial charge in [0, 0.05) is 30.1 Å². The molecule has 29 heavy (non-hydrogen) atoms. The Bertz CT molecular complexity index is 1050. The summed E-state index contributed by atoms with van der Waals surface area (Å²) in [5.41, 5.74) is 4.96. The van der Waals surface area contributed by atoms with E-state index >= 15 is 0 Å². The highest BCUT2D eigenvalue weighted by molar-refractivity contribution is 5.82. The zero-order chi connectivity index (χ0) is 20.2. The summed E-state index contributed by atoms with van der Waals surface area (Å²) in [6.45, 7) is 7.82. The van der Waals surface area contributed by atoms with Crippen molar-refractivity contribution in [1.82, 2.24) is 4.90 Å². The van der Waals surface area contributed by atoms with Gasteiger partial charge in [0.15, 0.2) is 0 Å². The third-order valence-electron chi connectivity index (χ3n) is 6.03. The molecule has 0 saturated heterocycles. The van der Waals surface area contributed by atoms with Gasteiger partial charge in [-0.1, -0.05) is 24.3 Å². The monoisotopic (exact) mass is 391 g/mol. The molecule has 1 aliphatic heterocycles. The van der Waals surface area contributed by atoms with Crippen LogP contribution in [0.2, 0.25) is 0 Å². The number of ether oxygens (including phenoxy) is 1. The fourth-order valence-corrected chi connectivity index (χ4v) is 4.07. The standard InChI is InChI=1S/C25H29NO3/c1-18-19(2)25(27)29-24-16-22(10-11-23(18)24)28-15-7-3-6-13-26-14-12-20-8-4-5-9-21(20)17-26/h4-5,8-11,16H,3,6-7,12-15,17H2,1-2H3. The second-order valence-electron chi connectivity index (χ2n) is 8.00. The van der Waals surface area contributed by atoms with Gasteiger partial charge >= 0.3 is 5.63 Å². The summed E-state index contributed by atoms with van der Waals surface area (Å²) in [5.74, 6) is 0.761. The number of aryl methyl sites for hydroxylation is 1. The van der Waals surface area contributed by atoms with Gasteiger partial charge in [0.2, 0.25) is 0 Å². The highest BCUT2D eigenvalue weighted by atomic mass is 16.5. The first-order valence-corrected chi connectivity index (χ1v) is 10.6. The lowest BCUT2D eigenvalue weighted by atomic mass is 10.00. The Morgan fingerprint density at radius 1 is 1.00 bits per heavy atom. The molecule has 4 nitrogen and oxygen atoms in total. The molecule has 0 unspecified atom stereocenters. The lowest BCUT2D eigenvalue weighted by Crippen LogP contribution is -2.31. The largest absolute Gasteiger partial charge is 0.493 e. The van der Waals surface area contributed by atoms with Gasteiger partial charge in [-0.3, -0.25) is 4.90 Å². The van der Waals surface area contributed by atoms with Gasteiger partial charge in [0.1, 0.15) is 11.3 Å². The Morgan fingerprint density at radius 2 is 1.83 bits per heavy atom. The smallest absolute Gasteiger partial charge is 0.339 e. The van der Waals surface area contributed by atoms with Crippen molar-refractivity contribution in [2.24, 2.45) is 0 Å². The summed E-state index contributed by atoms with van der Waals surface area (Å²) in [4.78, 5) is 14.4. The van der Waals surface area contributed by atoms with Crippen LogP contribution in [0.4, 0.5) is 0 Å². The van der Waals surface area contributed by atoms with Crippen LogP contribution in [-0.2, 0) is 13.0 Å². The first-order valence-electron chi connectivity index (χ1n) is 10.6. The normalized spacial score (nSPS) is 14.1. The maximum absolute atomic E-state index is 11.9. The predicted molar refractivity (Wildman–Crippen MR) is 117 cm³/mol. The zero-order valence-corrected chi connectivity index (χ0v) is 17.4. The van der Waals surface area contributed by atoms with Gasteiger partial charge in [0.25, 0.3) is 0 Å². The Kier molecular flexibility index (Phi) is 6.00. The molecule has 4 rings (SSSR count). The average Bonchev–Trinajstić information content (AvgIpc) is 2.74. The van der Waals surface area contributed by atoms with E-state index in [0.29, 0.717) is 17.8 Å². The van der Waals surface area contributed by atoms with E-state index in [1.54, 1.807) is 6.92 Å². The molecule has 0 radical (unpaired) electrons. The minimum atomic E-state index is -0.271. The SMILES string of the molecule is Cc1c(C)c2ccc(OCCCCCN3CCc4ccccc4C3)cc2oc1=O. The van der Waals surface area contributed by atoms with E-state index in [0.717, 1.165) is 55.6 Å².